The third-order valence-electron chi connectivity index (χ3n) is 3.61. The van der Waals surface area contributed by atoms with Crippen molar-refractivity contribution in [1.82, 2.24) is 9.55 Å². The number of hydrogen-bond donors (Lipinski definition) is 1. The average Bonchev–Trinajstić information content (AvgIpc) is 2.47. The molecule has 0 bridgehead atoms. The van der Waals surface area contributed by atoms with Crippen molar-refractivity contribution in [3.8, 4) is 0 Å². The molecular weight excluding hydrogens is 330 g/mol. The minimum Gasteiger partial charge on any atom is -0.399 e. The summed E-state index contributed by atoms with van der Waals surface area (Å²) in [6.45, 7) is 2.42. The van der Waals surface area contributed by atoms with Gasteiger partial charge in [0.1, 0.15) is 0 Å². The van der Waals surface area contributed by atoms with Crippen molar-refractivity contribution in [2.75, 3.05) is 5.73 Å². The van der Waals surface area contributed by atoms with Gasteiger partial charge in [-0.1, -0.05) is 28.1 Å². The summed E-state index contributed by atoms with van der Waals surface area (Å²) in [7, 11) is 0. The Kier molecular flexibility index (Phi) is 3.51. The largest absolute Gasteiger partial charge is 0.399 e. The molecule has 2 N–H and O–H groups in total. The van der Waals surface area contributed by atoms with E-state index in [0.717, 1.165) is 21.3 Å². The number of hydrogen-bond acceptors (Lipinski definition) is 3. The van der Waals surface area contributed by atoms with Crippen LogP contribution in [0.2, 0.25) is 0 Å². The Bertz CT molecular complexity index is 886. The van der Waals surface area contributed by atoms with Crippen LogP contribution < -0.4 is 11.3 Å². The highest BCUT2D eigenvalue weighted by molar-refractivity contribution is 9.10. The fourth-order valence-corrected chi connectivity index (χ4v) is 2.66. The lowest BCUT2D eigenvalue weighted by Crippen LogP contribution is -2.21. The first-order valence-electron chi connectivity index (χ1n) is 6.55. The van der Waals surface area contributed by atoms with Gasteiger partial charge in [0.15, 0.2) is 0 Å². The Hall–Kier alpha value is -2.14. The van der Waals surface area contributed by atoms with Gasteiger partial charge >= 0.3 is 0 Å². The maximum atomic E-state index is 12.6. The van der Waals surface area contributed by atoms with Gasteiger partial charge in [0.25, 0.3) is 5.56 Å². The molecule has 3 rings (SSSR count). The number of anilines is 1. The summed E-state index contributed by atoms with van der Waals surface area (Å²) in [4.78, 5) is 16.9. The third-order valence-corrected chi connectivity index (χ3v) is 4.11. The topological polar surface area (TPSA) is 60.9 Å². The summed E-state index contributed by atoms with van der Waals surface area (Å²) in [6.07, 6.45) is 1.58. The van der Waals surface area contributed by atoms with E-state index in [2.05, 4.69) is 20.9 Å². The molecule has 0 aliphatic rings. The zero-order chi connectivity index (χ0) is 15.0. The van der Waals surface area contributed by atoms with Gasteiger partial charge in [0, 0.05) is 10.2 Å². The molecule has 106 valence electrons. The lowest BCUT2D eigenvalue weighted by molar-refractivity contribution is 0.745. The molecule has 0 aliphatic heterocycles. The van der Waals surface area contributed by atoms with Crippen molar-refractivity contribution in [3.63, 3.8) is 0 Å². The van der Waals surface area contributed by atoms with Crippen LogP contribution >= 0.6 is 15.9 Å². The summed E-state index contributed by atoms with van der Waals surface area (Å²) in [5.74, 6) is 0. The molecule has 0 unspecified atom stereocenters. The van der Waals surface area contributed by atoms with E-state index in [9.17, 15) is 4.79 Å². The Labute approximate surface area is 130 Å². The van der Waals surface area contributed by atoms with E-state index in [1.54, 1.807) is 17.0 Å². The molecule has 0 saturated carbocycles. The van der Waals surface area contributed by atoms with E-state index in [1.165, 1.54) is 0 Å². The fourth-order valence-electron chi connectivity index (χ4n) is 2.30. The first kappa shape index (κ1) is 13.8. The number of halogens is 1. The van der Waals surface area contributed by atoms with Crippen molar-refractivity contribution < 1.29 is 0 Å². The van der Waals surface area contributed by atoms with Gasteiger partial charge in [-0.2, -0.15) is 0 Å². The van der Waals surface area contributed by atoms with Gasteiger partial charge in [-0.3, -0.25) is 9.36 Å². The summed E-state index contributed by atoms with van der Waals surface area (Å²) in [5, 5.41) is 0.605. The molecule has 0 saturated heterocycles. The monoisotopic (exact) mass is 343 g/mol. The molecule has 1 aromatic heterocycles. The first-order valence-corrected chi connectivity index (χ1v) is 7.34. The number of rotatable bonds is 2. The van der Waals surface area contributed by atoms with Crippen molar-refractivity contribution in [2.24, 2.45) is 0 Å². The molecule has 0 radical (unpaired) electrons. The summed E-state index contributed by atoms with van der Waals surface area (Å²) < 4.78 is 2.48. The van der Waals surface area contributed by atoms with E-state index in [1.807, 2.05) is 37.3 Å². The van der Waals surface area contributed by atoms with Crippen molar-refractivity contribution in [2.45, 2.75) is 13.5 Å². The number of nitrogens with zero attached hydrogens (tertiary/aromatic N) is 2. The number of fused-ring (bicyclic) bond motifs is 1. The van der Waals surface area contributed by atoms with Crippen LogP contribution in [-0.4, -0.2) is 9.55 Å². The minimum absolute atomic E-state index is 0.0527. The van der Waals surface area contributed by atoms with Gasteiger partial charge in [-0.05, 0) is 42.3 Å². The Balaban J connectivity index is 2.11. The molecular formula is C16H14BrN3O. The number of benzene rings is 2. The number of aromatic nitrogens is 2. The predicted octanol–water partition coefficient (Wildman–Crippen LogP) is 3.10. The molecule has 0 fully saturated rings. The average molecular weight is 344 g/mol. The first-order chi connectivity index (χ1) is 10.1. The van der Waals surface area contributed by atoms with E-state index in [-0.39, 0.29) is 5.56 Å². The van der Waals surface area contributed by atoms with E-state index in [4.69, 9.17) is 5.73 Å². The zero-order valence-corrected chi connectivity index (χ0v) is 13.1. The molecule has 21 heavy (non-hydrogen) atoms. The van der Waals surface area contributed by atoms with E-state index >= 15 is 0 Å². The molecule has 1 heterocycles. The van der Waals surface area contributed by atoms with Crippen LogP contribution in [0.25, 0.3) is 10.9 Å². The number of nitrogen functional groups attached to an aromatic ring is 1. The highest BCUT2D eigenvalue weighted by atomic mass is 79.9. The zero-order valence-electron chi connectivity index (χ0n) is 11.5. The molecule has 0 amide bonds. The molecule has 0 spiro atoms. The smallest absolute Gasteiger partial charge is 0.261 e. The van der Waals surface area contributed by atoms with Crippen LogP contribution in [-0.2, 0) is 6.54 Å². The SMILES string of the molecule is Cc1c(N)cccc1Cn1cnc2ccc(Br)cc2c1=O. The van der Waals surface area contributed by atoms with E-state index < -0.39 is 0 Å². The van der Waals surface area contributed by atoms with Gasteiger partial charge in [0.2, 0.25) is 0 Å². The van der Waals surface area contributed by atoms with Crippen LogP contribution in [0.5, 0.6) is 0 Å². The molecule has 0 atom stereocenters. The van der Waals surface area contributed by atoms with E-state index in [0.29, 0.717) is 17.4 Å². The normalized spacial score (nSPS) is 11.0. The second-order valence-corrected chi connectivity index (χ2v) is 5.89. The van der Waals surface area contributed by atoms with Crippen molar-refractivity contribution >= 4 is 32.5 Å². The van der Waals surface area contributed by atoms with Crippen molar-refractivity contribution in [1.29, 1.82) is 0 Å². The highest BCUT2D eigenvalue weighted by Gasteiger charge is 2.07. The lowest BCUT2D eigenvalue weighted by Gasteiger charge is -2.11. The number of nitrogens with two attached hydrogens (primary N) is 1. The second kappa shape index (κ2) is 5.33. The predicted molar refractivity (Wildman–Crippen MR) is 88.4 cm³/mol. The van der Waals surface area contributed by atoms with Crippen LogP contribution in [0.1, 0.15) is 11.1 Å². The Morgan fingerprint density at radius 2 is 2.10 bits per heavy atom. The molecule has 2 aromatic carbocycles. The summed E-state index contributed by atoms with van der Waals surface area (Å²) in [6, 6.07) is 11.2. The van der Waals surface area contributed by atoms with Gasteiger partial charge < -0.3 is 5.73 Å². The van der Waals surface area contributed by atoms with Crippen LogP contribution in [0, 0.1) is 6.92 Å². The Morgan fingerprint density at radius 3 is 2.90 bits per heavy atom. The summed E-state index contributed by atoms with van der Waals surface area (Å²) in [5.41, 5.74) is 9.31. The van der Waals surface area contributed by atoms with Gasteiger partial charge in [0.05, 0.1) is 23.8 Å². The molecule has 5 heteroatoms. The highest BCUT2D eigenvalue weighted by Crippen LogP contribution is 2.17. The minimum atomic E-state index is -0.0527. The quantitative estimate of drug-likeness (QED) is 0.727. The van der Waals surface area contributed by atoms with Crippen LogP contribution in [0.3, 0.4) is 0 Å². The van der Waals surface area contributed by atoms with Crippen LogP contribution in [0.15, 0.2) is 52.0 Å². The van der Waals surface area contributed by atoms with Gasteiger partial charge in [-0.25, -0.2) is 4.98 Å². The van der Waals surface area contributed by atoms with Gasteiger partial charge in [-0.15, -0.1) is 0 Å². The standard InChI is InChI=1S/C16H14BrN3O/c1-10-11(3-2-4-14(10)18)8-20-9-19-15-6-5-12(17)7-13(15)16(20)21/h2-7,9H,8,18H2,1H3. The molecule has 3 aromatic rings. The third kappa shape index (κ3) is 2.56. The van der Waals surface area contributed by atoms with Crippen molar-refractivity contribution in [3.05, 3.63) is 68.7 Å². The molecule has 4 nitrogen and oxygen atoms in total. The van der Waals surface area contributed by atoms with Crippen LogP contribution in [0.4, 0.5) is 5.69 Å². The summed E-state index contributed by atoms with van der Waals surface area (Å²) >= 11 is 3.39. The lowest BCUT2D eigenvalue weighted by atomic mass is 10.1. The molecule has 0 aliphatic carbocycles. The Morgan fingerprint density at radius 1 is 1.29 bits per heavy atom. The maximum Gasteiger partial charge on any atom is 0.261 e. The maximum absolute atomic E-state index is 12.6. The fraction of sp³-hybridized carbons (Fsp3) is 0.125. The second-order valence-electron chi connectivity index (χ2n) is 4.97.